The van der Waals surface area contributed by atoms with Gasteiger partial charge in [-0.3, -0.25) is 4.98 Å². The summed E-state index contributed by atoms with van der Waals surface area (Å²) in [5.74, 6) is 0. The average Bonchev–Trinajstić information content (AvgIpc) is 2.45. The largest absolute Gasteiger partial charge is 0.256 e. The number of aryl methyl sites for hydroxylation is 2. The fourth-order valence-corrected chi connectivity index (χ4v) is 2.59. The number of hydrogen-bond acceptors (Lipinski definition) is 2. The van der Waals surface area contributed by atoms with E-state index in [0.717, 1.165) is 22.0 Å². The molecule has 0 spiro atoms. The summed E-state index contributed by atoms with van der Waals surface area (Å²) in [6, 6.07) is 16.3. The van der Waals surface area contributed by atoms with Gasteiger partial charge in [-0.05, 0) is 49.6 Å². The zero-order chi connectivity index (χ0) is 14.1. The Balaban J connectivity index is 2.29. The lowest BCUT2D eigenvalue weighted by Crippen LogP contribution is -1.89. The van der Waals surface area contributed by atoms with E-state index in [-0.39, 0.29) is 0 Å². The molecule has 0 fully saturated rings. The van der Waals surface area contributed by atoms with Gasteiger partial charge < -0.3 is 0 Å². The molecule has 20 heavy (non-hydrogen) atoms. The second-order valence-electron chi connectivity index (χ2n) is 5.08. The van der Waals surface area contributed by atoms with Crippen molar-refractivity contribution in [1.82, 2.24) is 4.98 Å². The van der Waals surface area contributed by atoms with Gasteiger partial charge in [0.2, 0.25) is 0 Å². The highest BCUT2D eigenvalue weighted by Crippen LogP contribution is 2.28. The van der Waals surface area contributed by atoms with Crippen LogP contribution in [0.15, 0.2) is 48.7 Å². The molecular weight excluding hydrogens is 244 g/mol. The van der Waals surface area contributed by atoms with E-state index in [1.54, 1.807) is 6.20 Å². The van der Waals surface area contributed by atoms with Crippen LogP contribution in [0.4, 0.5) is 0 Å². The molecule has 3 rings (SSSR count). The number of pyridine rings is 1. The molecule has 1 heterocycles. The molecule has 0 saturated carbocycles. The van der Waals surface area contributed by atoms with Gasteiger partial charge in [0, 0.05) is 17.1 Å². The molecule has 2 nitrogen and oxygen atoms in total. The van der Waals surface area contributed by atoms with E-state index in [2.05, 4.69) is 43.1 Å². The normalized spacial score (nSPS) is 10.4. The smallest absolute Gasteiger partial charge is 0.0991 e. The second-order valence-corrected chi connectivity index (χ2v) is 5.08. The van der Waals surface area contributed by atoms with Crippen molar-refractivity contribution in [1.29, 1.82) is 5.26 Å². The molecule has 0 atom stereocenters. The van der Waals surface area contributed by atoms with Gasteiger partial charge >= 0.3 is 0 Å². The van der Waals surface area contributed by atoms with E-state index in [1.165, 1.54) is 11.1 Å². The van der Waals surface area contributed by atoms with Gasteiger partial charge in [0.25, 0.3) is 0 Å². The standard InChI is InChI=1S/C18H14N2/c1-12-7-13(2)9-16(8-12)18-17-4-3-14(11-19)10-15(17)5-6-20-18/h3-10H,1-2H3. The number of benzene rings is 2. The minimum Gasteiger partial charge on any atom is -0.256 e. The van der Waals surface area contributed by atoms with Gasteiger partial charge in [-0.15, -0.1) is 0 Å². The van der Waals surface area contributed by atoms with Crippen molar-refractivity contribution >= 4 is 10.8 Å². The molecule has 0 aliphatic rings. The zero-order valence-electron chi connectivity index (χ0n) is 11.5. The Morgan fingerprint density at radius 1 is 0.950 bits per heavy atom. The Kier molecular flexibility index (Phi) is 2.96. The van der Waals surface area contributed by atoms with Gasteiger partial charge in [0.05, 0.1) is 17.3 Å². The van der Waals surface area contributed by atoms with Gasteiger partial charge in [-0.1, -0.05) is 23.3 Å². The topological polar surface area (TPSA) is 36.7 Å². The number of rotatable bonds is 1. The summed E-state index contributed by atoms with van der Waals surface area (Å²) in [5.41, 5.74) is 5.23. The summed E-state index contributed by atoms with van der Waals surface area (Å²) in [7, 11) is 0. The first-order valence-corrected chi connectivity index (χ1v) is 6.55. The SMILES string of the molecule is Cc1cc(C)cc(-c2nccc3cc(C#N)ccc23)c1. The third-order valence-electron chi connectivity index (χ3n) is 3.39. The summed E-state index contributed by atoms with van der Waals surface area (Å²) in [4.78, 5) is 4.53. The fraction of sp³-hybridized carbons (Fsp3) is 0.111. The first-order valence-electron chi connectivity index (χ1n) is 6.55. The van der Waals surface area contributed by atoms with Crippen molar-refractivity contribution in [2.24, 2.45) is 0 Å². The number of aromatic nitrogens is 1. The molecule has 2 heteroatoms. The predicted molar refractivity (Wildman–Crippen MR) is 81.4 cm³/mol. The molecule has 0 bridgehead atoms. The van der Waals surface area contributed by atoms with Crippen LogP contribution in [-0.4, -0.2) is 4.98 Å². The molecule has 0 aliphatic carbocycles. The van der Waals surface area contributed by atoms with Gasteiger partial charge in [-0.25, -0.2) is 0 Å². The quantitative estimate of drug-likeness (QED) is 0.649. The van der Waals surface area contributed by atoms with Crippen LogP contribution in [0.3, 0.4) is 0 Å². The maximum absolute atomic E-state index is 8.99. The molecule has 96 valence electrons. The van der Waals surface area contributed by atoms with Crippen LogP contribution >= 0.6 is 0 Å². The van der Waals surface area contributed by atoms with Crippen LogP contribution in [0.1, 0.15) is 16.7 Å². The second kappa shape index (κ2) is 4.79. The Bertz CT molecular complexity index is 821. The molecule has 3 aromatic rings. The maximum Gasteiger partial charge on any atom is 0.0991 e. The Morgan fingerprint density at radius 3 is 2.40 bits per heavy atom. The fourth-order valence-electron chi connectivity index (χ4n) is 2.59. The predicted octanol–water partition coefficient (Wildman–Crippen LogP) is 4.39. The summed E-state index contributed by atoms with van der Waals surface area (Å²) < 4.78 is 0. The lowest BCUT2D eigenvalue weighted by Gasteiger charge is -2.08. The minimum atomic E-state index is 0.676. The van der Waals surface area contributed by atoms with Crippen LogP contribution in [0.25, 0.3) is 22.0 Å². The summed E-state index contributed by atoms with van der Waals surface area (Å²) >= 11 is 0. The van der Waals surface area contributed by atoms with E-state index in [1.807, 2.05) is 24.3 Å². The van der Waals surface area contributed by atoms with Crippen molar-refractivity contribution in [2.75, 3.05) is 0 Å². The third kappa shape index (κ3) is 2.15. The highest BCUT2D eigenvalue weighted by atomic mass is 14.7. The highest BCUT2D eigenvalue weighted by molar-refractivity contribution is 5.95. The molecule has 1 aromatic heterocycles. The van der Waals surface area contributed by atoms with Crippen molar-refractivity contribution in [3.8, 4) is 17.3 Å². The van der Waals surface area contributed by atoms with Crippen LogP contribution < -0.4 is 0 Å². The van der Waals surface area contributed by atoms with E-state index >= 15 is 0 Å². The lowest BCUT2D eigenvalue weighted by molar-refractivity contribution is 1.32. The minimum absolute atomic E-state index is 0.676. The van der Waals surface area contributed by atoms with Gasteiger partial charge in [0.15, 0.2) is 0 Å². The molecule has 2 aromatic carbocycles. The third-order valence-corrected chi connectivity index (χ3v) is 3.39. The summed E-state index contributed by atoms with van der Waals surface area (Å²) in [6.07, 6.45) is 1.80. The molecule has 0 N–H and O–H groups in total. The molecule has 0 amide bonds. The number of fused-ring (bicyclic) bond motifs is 1. The highest BCUT2D eigenvalue weighted by Gasteiger charge is 2.07. The number of nitriles is 1. The van der Waals surface area contributed by atoms with Crippen molar-refractivity contribution in [3.63, 3.8) is 0 Å². The van der Waals surface area contributed by atoms with Crippen LogP contribution in [0.2, 0.25) is 0 Å². The van der Waals surface area contributed by atoms with E-state index in [0.29, 0.717) is 5.56 Å². The van der Waals surface area contributed by atoms with Crippen LogP contribution in [0.5, 0.6) is 0 Å². The number of nitrogens with zero attached hydrogens (tertiary/aromatic N) is 2. The average molecular weight is 258 g/mol. The first kappa shape index (κ1) is 12.4. The van der Waals surface area contributed by atoms with Crippen LogP contribution in [-0.2, 0) is 0 Å². The maximum atomic E-state index is 8.99. The van der Waals surface area contributed by atoms with Crippen molar-refractivity contribution < 1.29 is 0 Å². The van der Waals surface area contributed by atoms with E-state index in [4.69, 9.17) is 5.26 Å². The summed E-state index contributed by atoms with van der Waals surface area (Å²) in [6.45, 7) is 4.19. The molecule has 0 radical (unpaired) electrons. The molecule has 0 aliphatic heterocycles. The molecule has 0 saturated heterocycles. The van der Waals surface area contributed by atoms with Crippen molar-refractivity contribution in [2.45, 2.75) is 13.8 Å². The Hall–Kier alpha value is -2.66. The Morgan fingerprint density at radius 2 is 1.70 bits per heavy atom. The van der Waals surface area contributed by atoms with Gasteiger partial charge in [0.1, 0.15) is 0 Å². The van der Waals surface area contributed by atoms with E-state index < -0.39 is 0 Å². The molecule has 0 unspecified atom stereocenters. The Labute approximate surface area is 118 Å². The van der Waals surface area contributed by atoms with Crippen LogP contribution in [0, 0.1) is 25.2 Å². The van der Waals surface area contributed by atoms with Gasteiger partial charge in [-0.2, -0.15) is 5.26 Å². The van der Waals surface area contributed by atoms with Crippen molar-refractivity contribution in [3.05, 3.63) is 65.4 Å². The first-order chi connectivity index (χ1) is 9.67. The van der Waals surface area contributed by atoms with E-state index in [9.17, 15) is 0 Å². The lowest BCUT2D eigenvalue weighted by atomic mass is 9.99. The summed E-state index contributed by atoms with van der Waals surface area (Å²) in [5, 5.41) is 11.1. The molecular formula is C18H14N2. The monoisotopic (exact) mass is 258 g/mol. The number of hydrogen-bond donors (Lipinski definition) is 0. The zero-order valence-corrected chi connectivity index (χ0v) is 11.5.